The first-order valence-corrected chi connectivity index (χ1v) is 11.4. The Balaban J connectivity index is 1.41. The first-order chi connectivity index (χ1) is 15.8. The maximum Gasteiger partial charge on any atom is 0.416 e. The lowest BCUT2D eigenvalue weighted by molar-refractivity contribution is -0.137. The molecule has 3 aromatic rings. The Kier molecular flexibility index (Phi) is 7.21. The Morgan fingerprint density at radius 1 is 1.15 bits per heavy atom. The lowest BCUT2D eigenvalue weighted by atomic mass is 10.0. The fourth-order valence-electron chi connectivity index (χ4n) is 3.84. The number of hydrogen-bond acceptors (Lipinski definition) is 5. The van der Waals surface area contributed by atoms with Crippen LogP contribution in [0, 0.1) is 0 Å². The van der Waals surface area contributed by atoms with Crippen LogP contribution in [-0.4, -0.2) is 42.5 Å². The van der Waals surface area contributed by atoms with E-state index in [0.717, 1.165) is 33.6 Å². The number of alkyl halides is 3. The van der Waals surface area contributed by atoms with Gasteiger partial charge in [-0.25, -0.2) is 0 Å². The third-order valence-corrected chi connectivity index (χ3v) is 6.83. The number of thioether (sulfide) groups is 1. The van der Waals surface area contributed by atoms with Crippen LogP contribution in [0.25, 0.3) is 10.8 Å². The van der Waals surface area contributed by atoms with Crippen LogP contribution in [0.15, 0.2) is 65.9 Å². The molecule has 1 aromatic heterocycles. The molecule has 1 aliphatic rings. The molecule has 3 N–H and O–H groups in total. The molecular formula is C24H25F3N4OS. The molecule has 1 fully saturated rings. The van der Waals surface area contributed by atoms with Crippen molar-refractivity contribution in [2.75, 3.05) is 20.3 Å². The van der Waals surface area contributed by atoms with E-state index in [4.69, 9.17) is 10.5 Å². The van der Waals surface area contributed by atoms with Crippen LogP contribution in [0.3, 0.4) is 0 Å². The van der Waals surface area contributed by atoms with E-state index in [-0.39, 0.29) is 17.3 Å². The first kappa shape index (κ1) is 23.5. The highest BCUT2D eigenvalue weighted by Crippen LogP contribution is 2.39. The zero-order chi connectivity index (χ0) is 23.4. The first-order valence-electron chi connectivity index (χ1n) is 10.6. The molecule has 0 radical (unpaired) electrons. The van der Waals surface area contributed by atoms with Gasteiger partial charge in [0, 0.05) is 30.9 Å². The normalized spacial score (nSPS) is 20.8. The van der Waals surface area contributed by atoms with Crippen LogP contribution < -0.4 is 11.1 Å². The van der Waals surface area contributed by atoms with Crippen LogP contribution in [0.4, 0.5) is 13.2 Å². The Morgan fingerprint density at radius 2 is 1.94 bits per heavy atom. The van der Waals surface area contributed by atoms with Crippen LogP contribution in [0.1, 0.15) is 21.9 Å². The van der Waals surface area contributed by atoms with E-state index in [1.54, 1.807) is 25.1 Å². The van der Waals surface area contributed by atoms with Crippen molar-refractivity contribution in [1.29, 1.82) is 0 Å². The minimum atomic E-state index is -4.34. The molecule has 0 aliphatic carbocycles. The maximum absolute atomic E-state index is 12.7. The topological polar surface area (TPSA) is 72.5 Å². The molecule has 1 aliphatic heterocycles. The predicted octanol–water partition coefficient (Wildman–Crippen LogP) is 4.57. The molecular weight excluding hydrogens is 449 g/mol. The zero-order valence-corrected chi connectivity index (χ0v) is 18.9. The van der Waals surface area contributed by atoms with Gasteiger partial charge in [-0.05, 0) is 47.2 Å². The van der Waals surface area contributed by atoms with Gasteiger partial charge in [-0.15, -0.1) is 0 Å². The molecule has 2 heterocycles. The Bertz CT molecular complexity index is 1120. The molecule has 3 atom stereocenters. The van der Waals surface area contributed by atoms with Crippen molar-refractivity contribution in [3.63, 3.8) is 0 Å². The van der Waals surface area contributed by atoms with Gasteiger partial charge in [-0.3, -0.25) is 9.98 Å². The molecule has 0 spiro atoms. The standard InChI is InChI=1S/C24H25F3N4OS/c1-32-14-21-22(17-4-5-18-12-29-9-8-16(18)11-17)33-23(31-21)30-13-20(28)10-15-2-6-19(7-3-15)24(25,26)27/h2-9,11-12,20-22H,10,13-14,28H2,1H3,(H,30,31)/t20-,21?,22?/m0/s1. The average molecular weight is 475 g/mol. The van der Waals surface area contributed by atoms with Gasteiger partial charge in [0.2, 0.25) is 0 Å². The number of halogens is 3. The van der Waals surface area contributed by atoms with Gasteiger partial charge in [0.15, 0.2) is 5.17 Å². The van der Waals surface area contributed by atoms with Gasteiger partial charge in [-0.1, -0.05) is 36.0 Å². The molecule has 174 valence electrons. The largest absolute Gasteiger partial charge is 0.416 e. The van der Waals surface area contributed by atoms with Gasteiger partial charge in [-0.2, -0.15) is 13.2 Å². The second-order valence-electron chi connectivity index (χ2n) is 8.03. The van der Waals surface area contributed by atoms with Crippen LogP contribution in [0.2, 0.25) is 0 Å². The smallest absolute Gasteiger partial charge is 0.383 e. The summed E-state index contributed by atoms with van der Waals surface area (Å²) < 4.78 is 43.6. The predicted molar refractivity (Wildman–Crippen MR) is 126 cm³/mol. The molecule has 2 unspecified atom stereocenters. The Labute approximate surface area is 194 Å². The summed E-state index contributed by atoms with van der Waals surface area (Å²) in [4.78, 5) is 8.81. The Morgan fingerprint density at radius 3 is 2.67 bits per heavy atom. The number of benzene rings is 2. The molecule has 0 saturated carbocycles. The number of aliphatic imine (C=N–C) groups is 1. The minimum Gasteiger partial charge on any atom is -0.383 e. The molecule has 4 rings (SSSR count). The van der Waals surface area contributed by atoms with Crippen molar-refractivity contribution in [3.8, 4) is 0 Å². The van der Waals surface area contributed by atoms with Crippen LogP contribution >= 0.6 is 11.8 Å². The SMILES string of the molecule is COCC1NC(=NC[C@@H](N)Cc2ccc(C(F)(F)F)cc2)SC1c1ccc2cnccc2c1. The van der Waals surface area contributed by atoms with E-state index in [0.29, 0.717) is 19.6 Å². The minimum absolute atomic E-state index is 0.0594. The zero-order valence-electron chi connectivity index (χ0n) is 18.0. The van der Waals surface area contributed by atoms with Gasteiger partial charge >= 0.3 is 6.18 Å². The highest BCUT2D eigenvalue weighted by molar-refractivity contribution is 8.14. The number of nitrogens with two attached hydrogens (primary N) is 1. The van der Waals surface area contributed by atoms with E-state index in [1.807, 2.05) is 12.3 Å². The fraction of sp³-hybridized carbons (Fsp3) is 0.333. The number of methoxy groups -OCH3 is 1. The van der Waals surface area contributed by atoms with E-state index >= 15 is 0 Å². The third kappa shape index (κ3) is 5.85. The highest BCUT2D eigenvalue weighted by atomic mass is 32.2. The van der Waals surface area contributed by atoms with E-state index in [9.17, 15) is 13.2 Å². The average Bonchev–Trinajstić information content (AvgIpc) is 3.20. The number of fused-ring (bicyclic) bond motifs is 1. The van der Waals surface area contributed by atoms with Crippen molar-refractivity contribution in [2.24, 2.45) is 10.7 Å². The quantitative estimate of drug-likeness (QED) is 0.525. The molecule has 0 amide bonds. The van der Waals surface area contributed by atoms with Crippen molar-refractivity contribution in [1.82, 2.24) is 10.3 Å². The summed E-state index contributed by atoms with van der Waals surface area (Å²) in [5.74, 6) is 0. The van der Waals surface area contributed by atoms with E-state index < -0.39 is 11.7 Å². The molecule has 5 nitrogen and oxygen atoms in total. The third-order valence-electron chi connectivity index (χ3n) is 5.50. The summed E-state index contributed by atoms with van der Waals surface area (Å²) in [6.07, 6.45) is -0.265. The van der Waals surface area contributed by atoms with Gasteiger partial charge < -0.3 is 15.8 Å². The van der Waals surface area contributed by atoms with Crippen LogP contribution in [-0.2, 0) is 17.3 Å². The number of amidine groups is 1. The number of hydrogen-bond donors (Lipinski definition) is 2. The summed E-state index contributed by atoms with van der Waals surface area (Å²) in [6, 6.07) is 13.2. The van der Waals surface area contributed by atoms with Gasteiger partial charge in [0.1, 0.15) is 0 Å². The monoisotopic (exact) mass is 474 g/mol. The number of ether oxygens (including phenoxy) is 1. The summed E-state index contributed by atoms with van der Waals surface area (Å²) in [5.41, 5.74) is 7.48. The number of rotatable bonds is 7. The van der Waals surface area contributed by atoms with E-state index in [2.05, 4.69) is 33.5 Å². The summed E-state index contributed by atoms with van der Waals surface area (Å²) in [6.45, 7) is 0.898. The van der Waals surface area contributed by atoms with E-state index in [1.165, 1.54) is 17.7 Å². The maximum atomic E-state index is 12.7. The molecule has 0 bridgehead atoms. The van der Waals surface area contributed by atoms with Crippen molar-refractivity contribution < 1.29 is 17.9 Å². The second kappa shape index (κ2) is 10.1. The fourth-order valence-corrected chi connectivity index (χ4v) is 5.04. The molecule has 2 aromatic carbocycles. The molecule has 9 heteroatoms. The van der Waals surface area contributed by atoms with Crippen molar-refractivity contribution in [2.45, 2.75) is 29.9 Å². The summed E-state index contributed by atoms with van der Waals surface area (Å²) in [5, 5.41) is 6.56. The molecule has 1 saturated heterocycles. The van der Waals surface area contributed by atoms with Crippen LogP contribution in [0.5, 0.6) is 0 Å². The van der Waals surface area contributed by atoms with Crippen molar-refractivity contribution >= 4 is 27.7 Å². The number of nitrogens with zero attached hydrogens (tertiary/aromatic N) is 2. The highest BCUT2D eigenvalue weighted by Gasteiger charge is 2.33. The lowest BCUT2D eigenvalue weighted by Gasteiger charge is -2.17. The number of nitrogens with one attached hydrogen (secondary N) is 1. The summed E-state index contributed by atoms with van der Waals surface area (Å²) in [7, 11) is 1.67. The van der Waals surface area contributed by atoms with Crippen molar-refractivity contribution in [3.05, 3.63) is 77.6 Å². The summed E-state index contributed by atoms with van der Waals surface area (Å²) >= 11 is 1.64. The number of pyridine rings is 1. The van der Waals surface area contributed by atoms with Gasteiger partial charge in [0.05, 0.1) is 30.0 Å². The lowest BCUT2D eigenvalue weighted by Crippen LogP contribution is -2.33. The van der Waals surface area contributed by atoms with Gasteiger partial charge in [0.25, 0.3) is 0 Å². The molecule has 33 heavy (non-hydrogen) atoms. The number of aromatic nitrogens is 1. The Hall–Kier alpha value is -2.62. The second-order valence-corrected chi connectivity index (χ2v) is 9.16.